The molecule has 0 saturated carbocycles. The number of ether oxygens (including phenoxy) is 3. The number of aromatic nitrogens is 3. The normalized spacial score (nSPS) is 10.3. The quantitative estimate of drug-likeness (QED) is 0.148. The summed E-state index contributed by atoms with van der Waals surface area (Å²) >= 11 is 0. The van der Waals surface area contributed by atoms with Crippen LogP contribution in [0, 0.1) is 34.0 Å². The Morgan fingerprint density at radius 2 is 0.490 bits per heavy atom. The van der Waals surface area contributed by atoms with Crippen molar-refractivity contribution in [1.82, 2.24) is 15.0 Å². The molecule has 0 aliphatic carbocycles. The molecule has 0 fully saturated rings. The molecule has 240 valence electrons. The molecule has 0 aliphatic heterocycles. The van der Waals surface area contributed by atoms with Gasteiger partial charge in [0, 0.05) is 16.7 Å². The van der Waals surface area contributed by atoms with Gasteiger partial charge in [0.2, 0.25) is 0 Å². The van der Waals surface area contributed by atoms with Crippen LogP contribution in [0.1, 0.15) is 16.7 Å². The van der Waals surface area contributed by atoms with Gasteiger partial charge in [-0.05, 0) is 146 Å². The summed E-state index contributed by atoms with van der Waals surface area (Å²) in [5.41, 5.74) is 3.94. The van der Waals surface area contributed by atoms with Gasteiger partial charge in [0.05, 0.1) is 34.9 Å². The van der Waals surface area contributed by atoms with E-state index >= 15 is 0 Å². The van der Waals surface area contributed by atoms with E-state index in [1.54, 1.807) is 72.8 Å². The summed E-state index contributed by atoms with van der Waals surface area (Å²) in [4.78, 5) is 14.5. The molecule has 9 nitrogen and oxygen atoms in total. The van der Waals surface area contributed by atoms with Gasteiger partial charge in [0.15, 0.2) is 17.5 Å². The first-order valence-electron chi connectivity index (χ1n) is 15.7. The highest BCUT2D eigenvalue weighted by molar-refractivity contribution is 5.67. The van der Waals surface area contributed by atoms with Gasteiger partial charge >= 0.3 is 0 Å². The lowest BCUT2D eigenvalue weighted by atomic mass is 10.1. The third kappa shape index (κ3) is 7.69. The molecule has 0 bridgehead atoms. The monoisotopic (exact) mass is 660 g/mol. The predicted molar refractivity (Wildman–Crippen MR) is 190 cm³/mol. The van der Waals surface area contributed by atoms with E-state index in [-0.39, 0.29) is 0 Å². The smallest absolute Gasteiger partial charge is 0.164 e. The molecule has 0 atom stereocenters. The molecule has 6 aromatic carbocycles. The molecule has 0 N–H and O–H groups in total. The van der Waals surface area contributed by atoms with Crippen LogP contribution < -0.4 is 14.2 Å². The molecular weight excluding hydrogens is 637 g/mol. The summed E-state index contributed by atoms with van der Waals surface area (Å²) in [7, 11) is 0. The minimum absolute atomic E-state index is 0.468. The Kier molecular flexibility index (Phi) is 9.06. The SMILES string of the molecule is N#Cc1ccc(Oc2ccc(-c3nc(-c4ccc(Oc5ccc(C#N)cc5)cc4)nc(-c4ccc(Oc5ccc(C#N)cc5)cc4)n3)cc2)cc1. The summed E-state index contributed by atoms with van der Waals surface area (Å²) in [6, 6.07) is 49.3. The molecule has 51 heavy (non-hydrogen) atoms. The molecule has 9 heteroatoms. The van der Waals surface area contributed by atoms with Crippen molar-refractivity contribution in [2.75, 3.05) is 0 Å². The lowest BCUT2D eigenvalue weighted by Gasteiger charge is -2.11. The molecule has 7 aromatic rings. The van der Waals surface area contributed by atoms with E-state index in [0.717, 1.165) is 16.7 Å². The van der Waals surface area contributed by atoms with Crippen LogP contribution >= 0.6 is 0 Å². The van der Waals surface area contributed by atoms with Crippen molar-refractivity contribution in [3.05, 3.63) is 162 Å². The molecule has 1 aromatic heterocycles. The molecule has 0 saturated heterocycles. The fourth-order valence-electron chi connectivity index (χ4n) is 4.98. The molecule has 1 heterocycles. The summed E-state index contributed by atoms with van der Waals surface area (Å²) in [6.45, 7) is 0. The van der Waals surface area contributed by atoms with E-state index in [2.05, 4.69) is 18.2 Å². The second-order valence-electron chi connectivity index (χ2n) is 11.1. The van der Waals surface area contributed by atoms with Crippen molar-refractivity contribution in [2.24, 2.45) is 0 Å². The summed E-state index contributed by atoms with van der Waals surface area (Å²) in [6.07, 6.45) is 0. The van der Waals surface area contributed by atoms with Crippen LogP contribution in [0.3, 0.4) is 0 Å². The molecule has 7 rings (SSSR count). The number of hydrogen-bond acceptors (Lipinski definition) is 9. The van der Waals surface area contributed by atoms with Gasteiger partial charge in [-0.2, -0.15) is 15.8 Å². The van der Waals surface area contributed by atoms with Gasteiger partial charge in [0.25, 0.3) is 0 Å². The van der Waals surface area contributed by atoms with E-state index in [1.165, 1.54) is 0 Å². The van der Waals surface area contributed by atoms with Crippen LogP contribution in [0.25, 0.3) is 34.2 Å². The van der Waals surface area contributed by atoms with Crippen LogP contribution in [0.15, 0.2) is 146 Å². The minimum atomic E-state index is 0.468. The van der Waals surface area contributed by atoms with Crippen LogP contribution in [0.4, 0.5) is 0 Å². The Morgan fingerprint density at radius 3 is 0.686 bits per heavy atom. The van der Waals surface area contributed by atoms with Gasteiger partial charge < -0.3 is 14.2 Å². The van der Waals surface area contributed by atoms with Gasteiger partial charge in [-0.3, -0.25) is 0 Å². The standard InChI is InChI=1S/C42H24N6O3/c43-25-28-1-13-34(14-2-28)49-37-19-7-31(8-20-37)40-46-41(32-9-21-38(22-10-32)50-35-15-3-29(26-44)4-16-35)48-42(47-40)33-11-23-39(24-12-33)51-36-17-5-30(27-45)6-18-36/h1-24H. The fourth-order valence-corrected chi connectivity index (χ4v) is 4.98. The van der Waals surface area contributed by atoms with Crippen molar-refractivity contribution in [1.29, 1.82) is 15.8 Å². The first kappa shape index (κ1) is 31.8. The van der Waals surface area contributed by atoms with Gasteiger partial charge in [-0.25, -0.2) is 15.0 Å². The Labute approximate surface area is 293 Å². The van der Waals surface area contributed by atoms with E-state index < -0.39 is 0 Å². The third-order valence-corrected chi connectivity index (χ3v) is 7.63. The van der Waals surface area contributed by atoms with E-state index in [0.29, 0.717) is 68.7 Å². The molecule has 0 aliphatic rings. The van der Waals surface area contributed by atoms with Gasteiger partial charge in [-0.15, -0.1) is 0 Å². The fraction of sp³-hybridized carbons (Fsp3) is 0. The zero-order valence-corrected chi connectivity index (χ0v) is 26.8. The average molecular weight is 661 g/mol. The van der Waals surface area contributed by atoms with Crippen molar-refractivity contribution < 1.29 is 14.2 Å². The number of nitriles is 3. The lowest BCUT2D eigenvalue weighted by molar-refractivity contribution is 0.482. The van der Waals surface area contributed by atoms with Crippen molar-refractivity contribution in [2.45, 2.75) is 0 Å². The Hall–Kier alpha value is -7.80. The zero-order valence-electron chi connectivity index (χ0n) is 26.8. The maximum absolute atomic E-state index is 9.07. The maximum atomic E-state index is 9.07. The van der Waals surface area contributed by atoms with Crippen molar-refractivity contribution in [3.63, 3.8) is 0 Å². The van der Waals surface area contributed by atoms with Crippen molar-refractivity contribution in [3.8, 4) is 86.9 Å². The summed E-state index contributed by atoms with van der Waals surface area (Å²) in [5, 5.41) is 27.2. The number of hydrogen-bond donors (Lipinski definition) is 0. The average Bonchev–Trinajstić information content (AvgIpc) is 3.19. The molecular formula is C42H24N6O3. The van der Waals surface area contributed by atoms with Gasteiger partial charge in [0.1, 0.15) is 34.5 Å². The van der Waals surface area contributed by atoms with Crippen molar-refractivity contribution >= 4 is 0 Å². The highest BCUT2D eigenvalue weighted by Crippen LogP contribution is 2.31. The van der Waals surface area contributed by atoms with Crippen LogP contribution in [-0.2, 0) is 0 Å². The highest BCUT2D eigenvalue weighted by Gasteiger charge is 2.14. The summed E-state index contributed by atoms with van der Waals surface area (Å²) in [5.74, 6) is 5.11. The summed E-state index contributed by atoms with van der Waals surface area (Å²) < 4.78 is 17.9. The second kappa shape index (κ2) is 14.5. The maximum Gasteiger partial charge on any atom is 0.164 e. The first-order valence-corrected chi connectivity index (χ1v) is 15.7. The molecule has 0 amide bonds. The molecule has 0 spiro atoms. The molecule has 0 unspecified atom stereocenters. The topological polar surface area (TPSA) is 138 Å². The van der Waals surface area contributed by atoms with Crippen LogP contribution in [0.2, 0.25) is 0 Å². The zero-order chi connectivity index (χ0) is 35.0. The Morgan fingerprint density at radius 1 is 0.294 bits per heavy atom. The molecule has 0 radical (unpaired) electrons. The first-order chi connectivity index (χ1) is 25.0. The third-order valence-electron chi connectivity index (χ3n) is 7.63. The van der Waals surface area contributed by atoms with Crippen LogP contribution in [0.5, 0.6) is 34.5 Å². The predicted octanol–water partition coefficient (Wildman–Crippen LogP) is 9.86. The number of benzene rings is 6. The van der Waals surface area contributed by atoms with E-state index in [4.69, 9.17) is 44.9 Å². The Balaban J connectivity index is 1.18. The highest BCUT2D eigenvalue weighted by atomic mass is 16.5. The van der Waals surface area contributed by atoms with E-state index in [1.807, 2.05) is 72.8 Å². The largest absolute Gasteiger partial charge is 0.457 e. The second-order valence-corrected chi connectivity index (χ2v) is 11.1. The van der Waals surface area contributed by atoms with Gasteiger partial charge in [-0.1, -0.05) is 0 Å². The van der Waals surface area contributed by atoms with E-state index in [9.17, 15) is 0 Å². The minimum Gasteiger partial charge on any atom is -0.457 e. The number of nitrogens with zero attached hydrogens (tertiary/aromatic N) is 6. The number of rotatable bonds is 9. The lowest BCUT2D eigenvalue weighted by Crippen LogP contribution is -2.00. The Bertz CT molecular complexity index is 2140. The van der Waals surface area contributed by atoms with Crippen LogP contribution in [-0.4, -0.2) is 15.0 Å².